The summed E-state index contributed by atoms with van der Waals surface area (Å²) in [7, 11) is -4.41. The van der Waals surface area contributed by atoms with Crippen LogP contribution in [0.15, 0.2) is 30.3 Å². The average molecular weight is 345 g/mol. The summed E-state index contributed by atoms with van der Waals surface area (Å²) in [6.45, 7) is -0.950. The van der Waals surface area contributed by atoms with Gasteiger partial charge in [0.15, 0.2) is 0 Å². The number of carbonyl (C=O) groups is 2. The minimum absolute atomic E-state index is 0.120. The fraction of sp³-hybridized carbons (Fsp3) is 0.429. The first-order chi connectivity index (χ1) is 10.7. The number of rotatable bonds is 9. The van der Waals surface area contributed by atoms with Gasteiger partial charge in [-0.25, -0.2) is 0 Å². The molecule has 0 saturated heterocycles. The monoisotopic (exact) mass is 345 g/mol. The normalized spacial score (nSPS) is 14.0. The molecule has 2 unspecified atom stereocenters. The highest BCUT2D eigenvalue weighted by atomic mass is 31.2. The first-order valence-corrected chi connectivity index (χ1v) is 8.72. The number of carboxylic acids is 1. The van der Waals surface area contributed by atoms with Crippen molar-refractivity contribution >= 4 is 19.5 Å². The van der Waals surface area contributed by atoms with Gasteiger partial charge in [-0.1, -0.05) is 30.3 Å². The minimum atomic E-state index is -4.41. The molecule has 23 heavy (non-hydrogen) atoms. The van der Waals surface area contributed by atoms with Gasteiger partial charge in [0.2, 0.25) is 5.91 Å². The molecule has 0 heterocycles. The molecule has 0 fully saturated rings. The summed E-state index contributed by atoms with van der Waals surface area (Å²) in [5.41, 5.74) is 0.734. The van der Waals surface area contributed by atoms with Crippen LogP contribution in [-0.2, 0) is 20.6 Å². The van der Waals surface area contributed by atoms with Gasteiger partial charge < -0.3 is 25.3 Å². The fourth-order valence-electron chi connectivity index (χ4n) is 2.02. The van der Waals surface area contributed by atoms with Crippen LogP contribution in [0, 0.1) is 11.8 Å². The highest BCUT2D eigenvalue weighted by Crippen LogP contribution is 2.37. The van der Waals surface area contributed by atoms with Crippen molar-refractivity contribution in [1.82, 2.24) is 5.32 Å². The van der Waals surface area contributed by atoms with E-state index < -0.39 is 44.1 Å². The van der Waals surface area contributed by atoms with E-state index in [0.29, 0.717) is 0 Å². The first-order valence-electron chi connectivity index (χ1n) is 6.93. The molecule has 0 saturated carbocycles. The molecule has 1 aromatic rings. The molecule has 128 valence electrons. The molecule has 9 heteroatoms. The quantitative estimate of drug-likeness (QED) is 0.391. The Balaban J connectivity index is 2.76. The molecular formula is C14H20NO7P. The van der Waals surface area contributed by atoms with Crippen LogP contribution in [0.3, 0.4) is 0 Å². The largest absolute Gasteiger partial charge is 0.481 e. The summed E-state index contributed by atoms with van der Waals surface area (Å²) in [6.07, 6.45) is -0.515. The van der Waals surface area contributed by atoms with Crippen molar-refractivity contribution in [2.45, 2.75) is 6.42 Å². The van der Waals surface area contributed by atoms with Gasteiger partial charge in [0.25, 0.3) is 0 Å². The second-order valence-corrected chi connectivity index (χ2v) is 6.89. The zero-order valence-electron chi connectivity index (χ0n) is 12.3. The molecule has 0 spiro atoms. The predicted octanol–water partition coefficient (Wildman–Crippen LogP) is -0.168. The molecule has 0 radical (unpaired) electrons. The summed E-state index contributed by atoms with van der Waals surface area (Å²) in [5, 5.41) is 20.1. The Morgan fingerprint density at radius 1 is 1.13 bits per heavy atom. The summed E-state index contributed by atoms with van der Waals surface area (Å²) in [4.78, 5) is 41.2. The van der Waals surface area contributed by atoms with Gasteiger partial charge in [-0.3, -0.25) is 14.2 Å². The molecule has 0 aromatic heterocycles. The molecule has 1 rings (SSSR count). The minimum Gasteiger partial charge on any atom is -0.481 e. The highest BCUT2D eigenvalue weighted by molar-refractivity contribution is 7.51. The zero-order valence-corrected chi connectivity index (χ0v) is 13.2. The standard InChI is InChI=1S/C14H20NO7P/c16-8-12(14(18)19)7-15-13(17)11(9-23(20,21)22)6-10-4-2-1-3-5-10/h1-5,11-12,16H,6-9H2,(H,15,17)(H,18,19)(H2,20,21,22). The summed E-state index contributed by atoms with van der Waals surface area (Å²) < 4.78 is 11.2. The lowest BCUT2D eigenvalue weighted by Gasteiger charge is -2.19. The third-order valence-corrected chi connectivity index (χ3v) is 4.16. The van der Waals surface area contributed by atoms with Crippen LogP contribution in [-0.4, -0.2) is 51.2 Å². The molecule has 0 aliphatic rings. The lowest BCUT2D eigenvalue weighted by atomic mass is 10.00. The fourth-order valence-corrected chi connectivity index (χ4v) is 2.89. The SMILES string of the molecule is O=C(O)C(CO)CNC(=O)C(Cc1ccccc1)CP(=O)(O)O. The van der Waals surface area contributed by atoms with Crippen LogP contribution in [0.2, 0.25) is 0 Å². The maximum absolute atomic E-state index is 12.1. The van der Waals surface area contributed by atoms with E-state index in [1.165, 1.54) is 0 Å². The van der Waals surface area contributed by atoms with Gasteiger partial charge >= 0.3 is 13.6 Å². The number of aliphatic hydroxyl groups excluding tert-OH is 1. The van der Waals surface area contributed by atoms with E-state index >= 15 is 0 Å². The van der Waals surface area contributed by atoms with E-state index in [1.807, 2.05) is 0 Å². The van der Waals surface area contributed by atoms with Crippen molar-refractivity contribution in [2.75, 3.05) is 19.3 Å². The molecule has 8 nitrogen and oxygen atoms in total. The molecule has 0 aliphatic heterocycles. The lowest BCUT2D eigenvalue weighted by molar-refractivity contribution is -0.143. The van der Waals surface area contributed by atoms with E-state index in [-0.39, 0.29) is 13.0 Å². The van der Waals surface area contributed by atoms with Crippen molar-refractivity contribution in [3.8, 4) is 0 Å². The maximum atomic E-state index is 12.1. The third kappa shape index (κ3) is 7.38. The molecule has 1 amide bonds. The molecule has 1 aromatic carbocycles. The lowest BCUT2D eigenvalue weighted by Crippen LogP contribution is -2.39. The Kier molecular flexibility index (Phi) is 7.38. The number of hydrogen-bond donors (Lipinski definition) is 5. The van der Waals surface area contributed by atoms with Gasteiger partial charge in [0.1, 0.15) is 0 Å². The van der Waals surface area contributed by atoms with E-state index in [1.54, 1.807) is 30.3 Å². The predicted molar refractivity (Wildman–Crippen MR) is 81.8 cm³/mol. The van der Waals surface area contributed by atoms with Gasteiger partial charge in [-0.2, -0.15) is 0 Å². The van der Waals surface area contributed by atoms with Crippen molar-refractivity contribution in [3.05, 3.63) is 35.9 Å². The van der Waals surface area contributed by atoms with Crippen LogP contribution >= 0.6 is 7.60 Å². The number of carbonyl (C=O) groups excluding carboxylic acids is 1. The molecule has 5 N–H and O–H groups in total. The van der Waals surface area contributed by atoms with Crippen molar-refractivity contribution in [3.63, 3.8) is 0 Å². The van der Waals surface area contributed by atoms with Crippen LogP contribution in [0.25, 0.3) is 0 Å². The van der Waals surface area contributed by atoms with Gasteiger partial charge in [-0.05, 0) is 12.0 Å². The van der Waals surface area contributed by atoms with Gasteiger partial charge in [-0.15, -0.1) is 0 Å². The molecule has 0 bridgehead atoms. The van der Waals surface area contributed by atoms with E-state index in [9.17, 15) is 14.2 Å². The highest BCUT2D eigenvalue weighted by Gasteiger charge is 2.28. The number of aliphatic hydroxyl groups is 1. The Labute approximate surface area is 133 Å². The van der Waals surface area contributed by atoms with E-state index in [2.05, 4.69) is 5.32 Å². The molecule has 2 atom stereocenters. The van der Waals surface area contributed by atoms with Gasteiger partial charge in [0.05, 0.1) is 24.6 Å². The second kappa shape index (κ2) is 8.79. The molecule has 0 aliphatic carbocycles. The van der Waals surface area contributed by atoms with Crippen LogP contribution < -0.4 is 5.32 Å². The van der Waals surface area contributed by atoms with Crippen molar-refractivity contribution in [2.24, 2.45) is 11.8 Å². The van der Waals surface area contributed by atoms with Crippen LogP contribution in [0.1, 0.15) is 5.56 Å². The summed E-state index contributed by atoms with van der Waals surface area (Å²) in [5.74, 6) is -4.07. The van der Waals surface area contributed by atoms with Crippen LogP contribution in [0.4, 0.5) is 0 Å². The number of benzene rings is 1. The summed E-state index contributed by atoms with van der Waals surface area (Å²) >= 11 is 0. The van der Waals surface area contributed by atoms with Gasteiger partial charge in [0, 0.05) is 6.54 Å². The topological polar surface area (TPSA) is 144 Å². The summed E-state index contributed by atoms with van der Waals surface area (Å²) in [6, 6.07) is 8.73. The average Bonchev–Trinajstić information content (AvgIpc) is 2.46. The maximum Gasteiger partial charge on any atom is 0.326 e. The number of nitrogens with one attached hydrogen (secondary N) is 1. The Morgan fingerprint density at radius 3 is 2.22 bits per heavy atom. The third-order valence-electron chi connectivity index (χ3n) is 3.25. The smallest absolute Gasteiger partial charge is 0.326 e. The van der Waals surface area contributed by atoms with Crippen molar-refractivity contribution < 1.29 is 34.2 Å². The Morgan fingerprint density at radius 2 is 1.74 bits per heavy atom. The first kappa shape index (κ1) is 19.3. The van der Waals surface area contributed by atoms with E-state index in [4.69, 9.17) is 20.0 Å². The Hall–Kier alpha value is -1.73. The van der Waals surface area contributed by atoms with E-state index in [0.717, 1.165) is 5.56 Å². The molecular weight excluding hydrogens is 325 g/mol. The number of hydrogen-bond acceptors (Lipinski definition) is 4. The zero-order chi connectivity index (χ0) is 17.5. The number of aliphatic carboxylic acids is 1. The van der Waals surface area contributed by atoms with Crippen LogP contribution in [0.5, 0.6) is 0 Å². The van der Waals surface area contributed by atoms with Crippen molar-refractivity contribution in [1.29, 1.82) is 0 Å². The Bertz CT molecular complexity index is 572. The second-order valence-electron chi connectivity index (χ2n) is 5.20. The number of amides is 1. The number of carboxylic acid groups (broad SMARTS) is 1.